The first-order valence-electron chi connectivity index (χ1n) is 4.78. The van der Waals surface area contributed by atoms with Crippen LogP contribution in [0, 0.1) is 6.92 Å². The first-order chi connectivity index (χ1) is 7.24. The Morgan fingerprint density at radius 1 is 1.27 bits per heavy atom. The van der Waals surface area contributed by atoms with E-state index in [1.165, 1.54) is 0 Å². The maximum Gasteiger partial charge on any atom is 0.146 e. The molecule has 0 bridgehead atoms. The van der Waals surface area contributed by atoms with Crippen LogP contribution in [-0.2, 0) is 6.61 Å². The molecule has 0 aliphatic heterocycles. The lowest BCUT2D eigenvalue weighted by Crippen LogP contribution is -1.94. The molecule has 0 spiro atoms. The average Bonchev–Trinajstić information content (AvgIpc) is 2.62. The fraction of sp³-hybridized carbons (Fsp3) is 0.167. The van der Waals surface area contributed by atoms with E-state index in [1.807, 2.05) is 37.3 Å². The van der Waals surface area contributed by atoms with Crippen molar-refractivity contribution < 1.29 is 9.15 Å². The number of hydrogen-bond donors (Lipinski definition) is 1. The third kappa shape index (κ3) is 2.53. The Hall–Kier alpha value is -1.90. The Morgan fingerprint density at radius 3 is 2.80 bits per heavy atom. The van der Waals surface area contributed by atoms with Crippen LogP contribution in [0.5, 0.6) is 5.75 Å². The Bertz CT molecular complexity index is 448. The molecule has 0 amide bonds. The normalized spacial score (nSPS) is 10.2. The molecule has 0 aliphatic rings. The zero-order valence-corrected chi connectivity index (χ0v) is 8.57. The van der Waals surface area contributed by atoms with Gasteiger partial charge in [-0.15, -0.1) is 0 Å². The van der Waals surface area contributed by atoms with Gasteiger partial charge in [-0.1, -0.05) is 6.07 Å². The van der Waals surface area contributed by atoms with E-state index in [-0.39, 0.29) is 0 Å². The number of aryl methyl sites for hydroxylation is 1. The van der Waals surface area contributed by atoms with Gasteiger partial charge in [0.1, 0.15) is 23.9 Å². The number of nitrogen functional groups attached to an aromatic ring is 1. The number of hydrogen-bond acceptors (Lipinski definition) is 3. The molecule has 3 nitrogen and oxygen atoms in total. The summed E-state index contributed by atoms with van der Waals surface area (Å²) in [5.41, 5.74) is 6.33. The molecule has 3 heteroatoms. The summed E-state index contributed by atoms with van der Waals surface area (Å²) in [6.07, 6.45) is 0. The van der Waals surface area contributed by atoms with Crippen LogP contribution < -0.4 is 10.5 Å². The number of nitrogens with two attached hydrogens (primary N) is 1. The van der Waals surface area contributed by atoms with E-state index in [1.54, 1.807) is 6.07 Å². The molecular formula is C12H13NO2. The van der Waals surface area contributed by atoms with Gasteiger partial charge in [0, 0.05) is 11.8 Å². The molecule has 2 rings (SSSR count). The summed E-state index contributed by atoms with van der Waals surface area (Å²) in [4.78, 5) is 0. The molecule has 1 aromatic heterocycles. The number of ether oxygens (including phenoxy) is 1. The smallest absolute Gasteiger partial charge is 0.146 e. The molecule has 0 unspecified atom stereocenters. The van der Waals surface area contributed by atoms with Crippen LogP contribution >= 0.6 is 0 Å². The van der Waals surface area contributed by atoms with E-state index < -0.39 is 0 Å². The van der Waals surface area contributed by atoms with Crippen LogP contribution in [0.3, 0.4) is 0 Å². The Labute approximate surface area is 88.5 Å². The lowest BCUT2D eigenvalue weighted by atomic mass is 10.3. The quantitative estimate of drug-likeness (QED) is 0.780. The van der Waals surface area contributed by atoms with E-state index in [0.717, 1.165) is 17.3 Å². The van der Waals surface area contributed by atoms with Crippen molar-refractivity contribution >= 4 is 5.69 Å². The zero-order valence-electron chi connectivity index (χ0n) is 8.57. The van der Waals surface area contributed by atoms with Crippen LogP contribution in [0.15, 0.2) is 40.8 Å². The highest BCUT2D eigenvalue weighted by Gasteiger charge is 2.00. The molecule has 78 valence electrons. The molecule has 0 atom stereocenters. The molecule has 0 aliphatic carbocycles. The number of furan rings is 1. The van der Waals surface area contributed by atoms with E-state index >= 15 is 0 Å². The topological polar surface area (TPSA) is 48.4 Å². The predicted molar refractivity (Wildman–Crippen MR) is 58.6 cm³/mol. The van der Waals surface area contributed by atoms with Crippen molar-refractivity contribution in [2.24, 2.45) is 0 Å². The van der Waals surface area contributed by atoms with Crippen LogP contribution in [0.25, 0.3) is 0 Å². The van der Waals surface area contributed by atoms with Crippen LogP contribution in [0.2, 0.25) is 0 Å². The molecule has 15 heavy (non-hydrogen) atoms. The monoisotopic (exact) mass is 203 g/mol. The van der Waals surface area contributed by atoms with Crippen molar-refractivity contribution in [1.82, 2.24) is 0 Å². The highest BCUT2D eigenvalue weighted by Crippen LogP contribution is 2.16. The maximum absolute atomic E-state index is 5.63. The minimum absolute atomic E-state index is 0.428. The zero-order chi connectivity index (χ0) is 10.7. The van der Waals surface area contributed by atoms with Crippen LogP contribution in [-0.4, -0.2) is 0 Å². The SMILES string of the molecule is Cc1ccc(COc2cccc(N)c2)o1. The first kappa shape index (κ1) is 9.65. The number of benzene rings is 1. The third-order valence-electron chi connectivity index (χ3n) is 2.04. The van der Waals surface area contributed by atoms with Gasteiger partial charge in [-0.05, 0) is 31.2 Å². The fourth-order valence-corrected chi connectivity index (χ4v) is 1.32. The molecule has 0 fully saturated rings. The van der Waals surface area contributed by atoms with E-state index in [0.29, 0.717) is 12.3 Å². The van der Waals surface area contributed by atoms with Gasteiger partial charge >= 0.3 is 0 Å². The second-order valence-electron chi connectivity index (χ2n) is 3.37. The number of rotatable bonds is 3. The van der Waals surface area contributed by atoms with Crippen molar-refractivity contribution in [2.45, 2.75) is 13.5 Å². The predicted octanol–water partition coefficient (Wildman–Crippen LogP) is 2.75. The van der Waals surface area contributed by atoms with Crippen molar-refractivity contribution in [3.63, 3.8) is 0 Å². The van der Waals surface area contributed by atoms with Crippen LogP contribution in [0.4, 0.5) is 5.69 Å². The van der Waals surface area contributed by atoms with Crippen LogP contribution in [0.1, 0.15) is 11.5 Å². The average molecular weight is 203 g/mol. The van der Waals surface area contributed by atoms with Crippen molar-refractivity contribution in [1.29, 1.82) is 0 Å². The molecule has 1 heterocycles. The van der Waals surface area contributed by atoms with Crippen molar-refractivity contribution in [2.75, 3.05) is 5.73 Å². The van der Waals surface area contributed by atoms with Gasteiger partial charge in [0.05, 0.1) is 0 Å². The summed E-state index contributed by atoms with van der Waals surface area (Å²) in [6.45, 7) is 2.33. The second kappa shape index (κ2) is 4.09. The molecule has 1 aromatic carbocycles. The van der Waals surface area contributed by atoms with Gasteiger partial charge in [0.15, 0.2) is 0 Å². The molecule has 0 saturated carbocycles. The maximum atomic E-state index is 5.63. The fourth-order valence-electron chi connectivity index (χ4n) is 1.32. The van der Waals surface area contributed by atoms with E-state index in [2.05, 4.69) is 0 Å². The summed E-state index contributed by atoms with van der Waals surface area (Å²) in [5, 5.41) is 0. The highest BCUT2D eigenvalue weighted by atomic mass is 16.5. The Kier molecular flexibility index (Phi) is 2.63. The van der Waals surface area contributed by atoms with Crippen molar-refractivity contribution in [3.8, 4) is 5.75 Å². The van der Waals surface area contributed by atoms with E-state index in [9.17, 15) is 0 Å². The standard InChI is InChI=1S/C12H13NO2/c1-9-5-6-12(15-9)8-14-11-4-2-3-10(13)7-11/h2-7H,8,13H2,1H3. The molecular weight excluding hydrogens is 190 g/mol. The van der Waals surface area contributed by atoms with Gasteiger partial charge in [-0.2, -0.15) is 0 Å². The first-order valence-corrected chi connectivity index (χ1v) is 4.78. The highest BCUT2D eigenvalue weighted by molar-refractivity contribution is 5.43. The summed E-state index contributed by atoms with van der Waals surface area (Å²) >= 11 is 0. The second-order valence-corrected chi connectivity index (χ2v) is 3.37. The van der Waals surface area contributed by atoms with Gasteiger partial charge in [0.25, 0.3) is 0 Å². The lowest BCUT2D eigenvalue weighted by molar-refractivity contribution is 0.268. The van der Waals surface area contributed by atoms with E-state index in [4.69, 9.17) is 14.9 Å². The molecule has 2 aromatic rings. The minimum atomic E-state index is 0.428. The summed E-state index contributed by atoms with van der Waals surface area (Å²) in [7, 11) is 0. The van der Waals surface area contributed by atoms with Gasteiger partial charge in [-0.3, -0.25) is 0 Å². The molecule has 2 N–H and O–H groups in total. The molecule has 0 saturated heterocycles. The number of anilines is 1. The summed E-state index contributed by atoms with van der Waals surface area (Å²) in [6, 6.07) is 11.2. The Morgan fingerprint density at radius 2 is 2.13 bits per heavy atom. The molecule has 0 radical (unpaired) electrons. The van der Waals surface area contributed by atoms with Crippen molar-refractivity contribution in [3.05, 3.63) is 47.9 Å². The summed E-state index contributed by atoms with van der Waals surface area (Å²) < 4.78 is 10.9. The Balaban J connectivity index is 1.99. The van der Waals surface area contributed by atoms with Gasteiger partial charge in [0.2, 0.25) is 0 Å². The third-order valence-corrected chi connectivity index (χ3v) is 2.04. The van der Waals surface area contributed by atoms with Gasteiger partial charge in [-0.25, -0.2) is 0 Å². The van der Waals surface area contributed by atoms with Gasteiger partial charge < -0.3 is 14.9 Å². The largest absolute Gasteiger partial charge is 0.486 e. The minimum Gasteiger partial charge on any atom is -0.486 e. The lowest BCUT2D eigenvalue weighted by Gasteiger charge is -2.04. The summed E-state index contributed by atoms with van der Waals surface area (Å²) in [5.74, 6) is 2.46.